The van der Waals surface area contributed by atoms with Crippen LogP contribution in [0.4, 0.5) is 5.69 Å². The maximum atomic E-state index is 13.6. The van der Waals surface area contributed by atoms with E-state index >= 15 is 0 Å². The minimum atomic E-state index is -0.273. The molecular formula is C26H26BrNO2. The second-order valence-corrected chi connectivity index (χ2v) is 10.9. The molecule has 2 amide bonds. The number of halogens is 1. The molecule has 3 nitrogen and oxygen atoms in total. The first-order chi connectivity index (χ1) is 13.9. The molecule has 3 aromatic carbocycles. The van der Waals surface area contributed by atoms with Gasteiger partial charge in [0, 0.05) is 21.0 Å². The number of hydrogen-bond acceptors (Lipinski definition) is 2. The van der Waals surface area contributed by atoms with Gasteiger partial charge in [-0.1, -0.05) is 81.7 Å². The number of rotatable bonds is 1. The summed E-state index contributed by atoms with van der Waals surface area (Å²) in [5.74, 6) is -0.546. The molecule has 0 saturated heterocycles. The average molecular weight is 464 g/mol. The van der Waals surface area contributed by atoms with Crippen molar-refractivity contribution in [1.29, 1.82) is 0 Å². The van der Waals surface area contributed by atoms with Crippen LogP contribution in [0.1, 0.15) is 73.4 Å². The minimum absolute atomic E-state index is 0.0289. The van der Waals surface area contributed by atoms with Crippen LogP contribution < -0.4 is 4.90 Å². The zero-order valence-corrected chi connectivity index (χ0v) is 19.8. The van der Waals surface area contributed by atoms with Crippen molar-refractivity contribution in [2.75, 3.05) is 4.90 Å². The minimum Gasteiger partial charge on any atom is -0.268 e. The van der Waals surface area contributed by atoms with Crippen molar-refractivity contribution in [1.82, 2.24) is 0 Å². The maximum Gasteiger partial charge on any atom is 0.265 e. The molecule has 0 bridgehead atoms. The highest BCUT2D eigenvalue weighted by atomic mass is 79.9. The van der Waals surface area contributed by atoms with Crippen molar-refractivity contribution in [3.63, 3.8) is 0 Å². The third kappa shape index (κ3) is 3.18. The Morgan fingerprint density at radius 3 is 2.00 bits per heavy atom. The van der Waals surface area contributed by atoms with E-state index in [9.17, 15) is 9.59 Å². The maximum absolute atomic E-state index is 13.6. The Balaban J connectivity index is 1.97. The van der Waals surface area contributed by atoms with E-state index in [1.807, 2.05) is 30.3 Å². The van der Waals surface area contributed by atoms with E-state index in [0.717, 1.165) is 20.8 Å². The molecule has 1 aliphatic rings. The SMILES string of the molecule is CC(C)(C)c1ccc(N2C(=O)c3cccc4c(Br)ccc(c34)C2=O)c(C(C)(C)C)c1. The van der Waals surface area contributed by atoms with Gasteiger partial charge in [-0.2, -0.15) is 0 Å². The topological polar surface area (TPSA) is 37.4 Å². The van der Waals surface area contributed by atoms with Gasteiger partial charge in [-0.25, -0.2) is 4.90 Å². The molecule has 3 aromatic rings. The molecule has 0 radical (unpaired) electrons. The van der Waals surface area contributed by atoms with Gasteiger partial charge in [0.1, 0.15) is 0 Å². The molecule has 0 fully saturated rings. The fraction of sp³-hybridized carbons (Fsp3) is 0.308. The fourth-order valence-corrected chi connectivity index (χ4v) is 4.54. The second-order valence-electron chi connectivity index (χ2n) is 10.0. The molecule has 4 heteroatoms. The van der Waals surface area contributed by atoms with Crippen LogP contribution in [0.2, 0.25) is 0 Å². The Morgan fingerprint density at radius 1 is 0.767 bits per heavy atom. The van der Waals surface area contributed by atoms with Gasteiger partial charge in [0.05, 0.1) is 5.69 Å². The summed E-state index contributed by atoms with van der Waals surface area (Å²) in [5, 5.41) is 1.60. The monoisotopic (exact) mass is 463 g/mol. The first kappa shape index (κ1) is 20.8. The molecule has 0 saturated carbocycles. The van der Waals surface area contributed by atoms with E-state index in [4.69, 9.17) is 0 Å². The fourth-order valence-electron chi connectivity index (χ4n) is 4.08. The van der Waals surface area contributed by atoms with Gasteiger partial charge >= 0.3 is 0 Å². The van der Waals surface area contributed by atoms with Gasteiger partial charge in [0.15, 0.2) is 0 Å². The van der Waals surface area contributed by atoms with Crippen molar-refractivity contribution in [2.45, 2.75) is 52.4 Å². The zero-order valence-electron chi connectivity index (χ0n) is 18.3. The van der Waals surface area contributed by atoms with Crippen molar-refractivity contribution in [3.8, 4) is 0 Å². The van der Waals surface area contributed by atoms with Gasteiger partial charge < -0.3 is 0 Å². The van der Waals surface area contributed by atoms with Crippen LogP contribution in [-0.2, 0) is 10.8 Å². The van der Waals surface area contributed by atoms with Crippen LogP contribution in [0.25, 0.3) is 10.8 Å². The predicted molar refractivity (Wildman–Crippen MR) is 127 cm³/mol. The van der Waals surface area contributed by atoms with E-state index in [1.54, 1.807) is 12.1 Å². The molecule has 4 rings (SSSR count). The first-order valence-corrected chi connectivity index (χ1v) is 11.0. The van der Waals surface area contributed by atoms with Crippen molar-refractivity contribution in [2.24, 2.45) is 0 Å². The third-order valence-electron chi connectivity index (χ3n) is 5.77. The van der Waals surface area contributed by atoms with Gasteiger partial charge in [-0.15, -0.1) is 0 Å². The van der Waals surface area contributed by atoms with Crippen molar-refractivity contribution >= 4 is 44.2 Å². The van der Waals surface area contributed by atoms with Crippen LogP contribution in [0.5, 0.6) is 0 Å². The Hall–Kier alpha value is -2.46. The summed E-state index contributed by atoms with van der Waals surface area (Å²) < 4.78 is 0.877. The zero-order chi connectivity index (χ0) is 22.0. The molecule has 0 atom stereocenters. The summed E-state index contributed by atoms with van der Waals surface area (Å²) >= 11 is 3.55. The molecule has 0 aliphatic carbocycles. The summed E-state index contributed by atoms with van der Waals surface area (Å²) in [6.45, 7) is 12.8. The number of benzene rings is 3. The molecule has 0 unspecified atom stereocenters. The predicted octanol–water partition coefficient (Wildman–Crippen LogP) is 7.00. The smallest absolute Gasteiger partial charge is 0.265 e. The molecular weight excluding hydrogens is 438 g/mol. The normalized spacial score (nSPS) is 14.6. The van der Waals surface area contributed by atoms with Gasteiger partial charge in [0.2, 0.25) is 0 Å². The van der Waals surface area contributed by atoms with Crippen LogP contribution in [0.3, 0.4) is 0 Å². The highest BCUT2D eigenvalue weighted by molar-refractivity contribution is 9.10. The molecule has 154 valence electrons. The van der Waals surface area contributed by atoms with Crippen LogP contribution in [-0.4, -0.2) is 11.8 Å². The molecule has 0 spiro atoms. The Kier molecular flexibility index (Phi) is 4.70. The van der Waals surface area contributed by atoms with E-state index in [1.165, 1.54) is 10.5 Å². The number of carbonyl (C=O) groups excluding carboxylic acids is 2. The lowest BCUT2D eigenvalue weighted by atomic mass is 9.79. The van der Waals surface area contributed by atoms with E-state index in [0.29, 0.717) is 16.8 Å². The van der Waals surface area contributed by atoms with Crippen molar-refractivity contribution in [3.05, 3.63) is 75.3 Å². The second kappa shape index (κ2) is 6.78. The van der Waals surface area contributed by atoms with E-state index in [-0.39, 0.29) is 22.6 Å². The number of hydrogen-bond donors (Lipinski definition) is 0. The molecule has 30 heavy (non-hydrogen) atoms. The van der Waals surface area contributed by atoms with Crippen LogP contribution in [0.15, 0.2) is 53.0 Å². The summed E-state index contributed by atoms with van der Waals surface area (Å²) in [6.07, 6.45) is 0. The largest absolute Gasteiger partial charge is 0.268 e. The van der Waals surface area contributed by atoms with Crippen LogP contribution >= 0.6 is 15.9 Å². The summed E-state index contributed by atoms with van der Waals surface area (Å²) in [6, 6.07) is 15.4. The van der Waals surface area contributed by atoms with E-state index in [2.05, 4.69) is 63.5 Å². The Bertz CT molecular complexity index is 1190. The highest BCUT2D eigenvalue weighted by Crippen LogP contribution is 2.41. The molecule has 0 aromatic heterocycles. The number of nitrogens with zero attached hydrogens (tertiary/aromatic N) is 1. The van der Waals surface area contributed by atoms with Crippen LogP contribution in [0, 0.1) is 0 Å². The number of amides is 2. The Morgan fingerprint density at radius 2 is 1.40 bits per heavy atom. The number of imide groups is 1. The van der Waals surface area contributed by atoms with Gasteiger partial charge in [-0.3, -0.25) is 9.59 Å². The number of carbonyl (C=O) groups is 2. The Labute approximate surface area is 186 Å². The first-order valence-electron chi connectivity index (χ1n) is 10.2. The lowest BCUT2D eigenvalue weighted by Gasteiger charge is -2.33. The number of anilines is 1. The molecule has 1 heterocycles. The lowest BCUT2D eigenvalue weighted by molar-refractivity contribution is 0.0893. The third-order valence-corrected chi connectivity index (χ3v) is 6.46. The van der Waals surface area contributed by atoms with Gasteiger partial charge in [0.25, 0.3) is 11.8 Å². The molecule has 1 aliphatic heterocycles. The average Bonchev–Trinajstić information content (AvgIpc) is 2.66. The standard InChI is InChI=1S/C26H26BrNO2/c1-25(2,3)15-10-13-21(19(14-15)26(4,5)6)28-23(29)17-9-7-8-16-20(27)12-11-18(22(16)17)24(28)30/h7-14H,1-6H3. The summed E-state index contributed by atoms with van der Waals surface area (Å²) in [5.41, 5.74) is 3.69. The quantitative estimate of drug-likeness (QED) is 0.364. The van der Waals surface area contributed by atoms with Gasteiger partial charge in [-0.05, 0) is 51.6 Å². The van der Waals surface area contributed by atoms with Crippen molar-refractivity contribution < 1.29 is 9.59 Å². The summed E-state index contributed by atoms with van der Waals surface area (Å²) in [4.78, 5) is 28.5. The molecule has 0 N–H and O–H groups in total. The highest BCUT2D eigenvalue weighted by Gasteiger charge is 2.37. The lowest BCUT2D eigenvalue weighted by Crippen LogP contribution is -2.41. The summed E-state index contributed by atoms with van der Waals surface area (Å²) in [7, 11) is 0. The van der Waals surface area contributed by atoms with E-state index < -0.39 is 0 Å².